The fourth-order valence-electron chi connectivity index (χ4n) is 5.35. The number of rotatable bonds is 9. The first-order valence-electron chi connectivity index (χ1n) is 14.1. The van der Waals surface area contributed by atoms with Crippen molar-refractivity contribution in [1.82, 2.24) is 14.9 Å². The van der Waals surface area contributed by atoms with Gasteiger partial charge in [-0.15, -0.1) is 0 Å². The first-order valence-corrected chi connectivity index (χ1v) is 14.1. The lowest BCUT2D eigenvalue weighted by Gasteiger charge is -2.34. The van der Waals surface area contributed by atoms with Gasteiger partial charge in [-0.3, -0.25) is 15.0 Å². The van der Waals surface area contributed by atoms with E-state index in [1.165, 1.54) is 12.4 Å². The maximum Gasteiger partial charge on any atom is 0.294 e. The summed E-state index contributed by atoms with van der Waals surface area (Å²) in [6.45, 7) is 3.57. The van der Waals surface area contributed by atoms with E-state index in [1.807, 2.05) is 66.5 Å². The van der Waals surface area contributed by atoms with Crippen molar-refractivity contribution >= 4 is 28.7 Å². The second-order valence-electron chi connectivity index (χ2n) is 10.4. The third kappa shape index (κ3) is 6.30. The van der Waals surface area contributed by atoms with Crippen molar-refractivity contribution in [3.05, 3.63) is 94.8 Å². The monoisotopic (exact) mass is 583 g/mol. The quantitative estimate of drug-likeness (QED) is 0.197. The van der Waals surface area contributed by atoms with Crippen LogP contribution in [-0.4, -0.2) is 66.7 Å². The highest BCUT2D eigenvalue weighted by atomic mass is 16.7. The minimum atomic E-state index is -0.359. The molecule has 4 aromatic rings. The maximum absolute atomic E-state index is 12.1. The van der Waals surface area contributed by atoms with E-state index in [4.69, 9.17) is 14.3 Å². The molecule has 1 N–H and O–H groups in total. The van der Waals surface area contributed by atoms with Gasteiger partial charge in [-0.05, 0) is 36.9 Å². The summed E-state index contributed by atoms with van der Waals surface area (Å²) in [5.74, 6) is 2.97. The number of benzene rings is 3. The van der Waals surface area contributed by atoms with Crippen molar-refractivity contribution in [1.29, 1.82) is 0 Å². The number of hydrogen-bond donors (Lipinski definition) is 1. The van der Waals surface area contributed by atoms with E-state index in [1.54, 1.807) is 24.3 Å². The average Bonchev–Trinajstić information content (AvgIpc) is 3.52. The summed E-state index contributed by atoms with van der Waals surface area (Å²) in [7, 11) is 3.59. The van der Waals surface area contributed by atoms with Gasteiger partial charge in [-0.25, -0.2) is 15.0 Å². The molecule has 2 fully saturated rings. The number of nitro groups is 1. The number of nitrogens with one attached hydrogen (secondary N) is 1. The van der Waals surface area contributed by atoms with Crippen LogP contribution < -0.4 is 24.8 Å². The summed E-state index contributed by atoms with van der Waals surface area (Å²) in [5.41, 5.74) is 2.00. The van der Waals surface area contributed by atoms with Gasteiger partial charge in [0.05, 0.1) is 30.4 Å². The van der Waals surface area contributed by atoms with Crippen molar-refractivity contribution in [2.45, 2.75) is 12.5 Å². The van der Waals surface area contributed by atoms with Gasteiger partial charge in [0.15, 0.2) is 5.82 Å². The minimum Gasteiger partial charge on any atom is -0.494 e. The Kier molecular flexibility index (Phi) is 8.20. The summed E-state index contributed by atoms with van der Waals surface area (Å²) in [4.78, 5) is 30.8. The first kappa shape index (κ1) is 28.2. The van der Waals surface area contributed by atoms with Crippen LogP contribution in [0.3, 0.4) is 0 Å². The molecule has 3 aromatic carbocycles. The summed E-state index contributed by atoms with van der Waals surface area (Å²) in [6, 6.07) is 22.4. The highest BCUT2D eigenvalue weighted by Crippen LogP contribution is 2.41. The molecule has 12 nitrogen and oxygen atoms in total. The number of hydroxylamine groups is 1. The zero-order valence-electron chi connectivity index (χ0n) is 24.1. The molecule has 222 valence electrons. The second kappa shape index (κ2) is 12.5. The number of piperazine rings is 1. The highest BCUT2D eigenvalue weighted by Gasteiger charge is 2.30. The molecular weight excluding hydrogens is 550 g/mol. The topological polar surface area (TPSA) is 118 Å². The third-order valence-electron chi connectivity index (χ3n) is 7.61. The van der Waals surface area contributed by atoms with E-state index in [-0.39, 0.29) is 16.7 Å². The van der Waals surface area contributed by atoms with Crippen LogP contribution in [-0.2, 0) is 4.84 Å². The Balaban J connectivity index is 1.24. The molecule has 1 aromatic heterocycles. The van der Waals surface area contributed by atoms with Crippen LogP contribution in [0, 0.1) is 10.1 Å². The van der Waals surface area contributed by atoms with Crippen LogP contribution in [0.4, 0.5) is 28.7 Å². The van der Waals surface area contributed by atoms with Gasteiger partial charge in [0.1, 0.15) is 35.1 Å². The van der Waals surface area contributed by atoms with Crippen molar-refractivity contribution in [3.63, 3.8) is 0 Å². The molecule has 0 saturated carbocycles. The number of para-hydroxylation sites is 1. The number of methoxy groups -OCH3 is 1. The van der Waals surface area contributed by atoms with Gasteiger partial charge < -0.3 is 24.6 Å². The standard InChI is InChI=1S/C31H33N7O5/c1-35-12-14-36(15-13-35)27-19-29(41-2)25(18-28(27)38(39)40)34-30-20-31(33-21-32-30)37-26(11-16-42-37)22-7-6-10-24(17-22)43-23-8-4-3-5-9-23/h3-10,17-21,26H,11-16H2,1-2H3,(H,32,33,34)/t26-/m1/s1. The van der Waals surface area contributed by atoms with E-state index >= 15 is 0 Å². The van der Waals surface area contributed by atoms with Gasteiger partial charge in [-0.1, -0.05) is 30.3 Å². The fraction of sp³-hybridized carbons (Fsp3) is 0.290. The van der Waals surface area contributed by atoms with Gasteiger partial charge in [0.2, 0.25) is 0 Å². The summed E-state index contributed by atoms with van der Waals surface area (Å²) in [6.07, 6.45) is 2.19. The van der Waals surface area contributed by atoms with Crippen LogP contribution in [0.15, 0.2) is 79.1 Å². The molecule has 12 heteroatoms. The van der Waals surface area contributed by atoms with E-state index < -0.39 is 0 Å². The summed E-state index contributed by atoms with van der Waals surface area (Å²) < 4.78 is 11.7. The molecule has 6 rings (SSSR count). The van der Waals surface area contributed by atoms with Crippen molar-refractivity contribution < 1.29 is 19.2 Å². The normalized spacial score (nSPS) is 17.1. The van der Waals surface area contributed by atoms with Crippen LogP contribution in [0.1, 0.15) is 18.0 Å². The van der Waals surface area contributed by atoms with Crippen molar-refractivity contribution in [2.75, 3.05) is 62.2 Å². The lowest BCUT2D eigenvalue weighted by Crippen LogP contribution is -2.44. The Hall–Kier alpha value is -4.94. The van der Waals surface area contributed by atoms with Gasteiger partial charge >= 0.3 is 0 Å². The molecule has 2 aliphatic heterocycles. The molecule has 0 unspecified atom stereocenters. The Labute approximate surface area is 249 Å². The number of likely N-dealkylation sites (N-methyl/N-ethyl adjacent to an activating group) is 1. The lowest BCUT2D eigenvalue weighted by molar-refractivity contribution is -0.384. The summed E-state index contributed by atoms with van der Waals surface area (Å²) in [5, 5.41) is 17.1. The molecule has 0 aliphatic carbocycles. The highest BCUT2D eigenvalue weighted by molar-refractivity contribution is 5.77. The fourth-order valence-corrected chi connectivity index (χ4v) is 5.35. The molecular formula is C31H33N7O5. The maximum atomic E-state index is 12.1. The molecule has 0 amide bonds. The number of aromatic nitrogens is 2. The summed E-state index contributed by atoms with van der Waals surface area (Å²) >= 11 is 0. The molecule has 1 atom stereocenters. The van der Waals surface area contributed by atoms with Gasteiger partial charge in [-0.2, -0.15) is 0 Å². The predicted molar refractivity (Wildman–Crippen MR) is 163 cm³/mol. The Morgan fingerprint density at radius 1 is 0.977 bits per heavy atom. The number of nitro benzene ring substituents is 1. The number of nitrogens with zero attached hydrogens (tertiary/aromatic N) is 6. The zero-order chi connectivity index (χ0) is 29.8. The van der Waals surface area contributed by atoms with Gasteiger partial charge in [0.25, 0.3) is 5.69 Å². The Morgan fingerprint density at radius 3 is 2.53 bits per heavy atom. The molecule has 0 radical (unpaired) electrons. The van der Waals surface area contributed by atoms with Crippen molar-refractivity contribution in [2.24, 2.45) is 0 Å². The van der Waals surface area contributed by atoms with Crippen LogP contribution in [0.2, 0.25) is 0 Å². The van der Waals surface area contributed by atoms with Crippen molar-refractivity contribution in [3.8, 4) is 17.2 Å². The SMILES string of the molecule is COc1cc(N2CCN(C)CC2)c([N+](=O)[O-])cc1Nc1cc(N2OCC[C@@H]2c2cccc(Oc3ccccc3)c2)ncn1. The number of anilines is 4. The molecule has 2 saturated heterocycles. The van der Waals surface area contributed by atoms with E-state index in [0.29, 0.717) is 48.5 Å². The first-order chi connectivity index (χ1) is 21.0. The van der Waals surface area contributed by atoms with Crippen LogP contribution in [0.25, 0.3) is 0 Å². The second-order valence-corrected chi connectivity index (χ2v) is 10.4. The average molecular weight is 584 g/mol. The predicted octanol–water partition coefficient (Wildman–Crippen LogP) is 5.56. The third-order valence-corrected chi connectivity index (χ3v) is 7.61. The molecule has 43 heavy (non-hydrogen) atoms. The molecule has 0 bridgehead atoms. The molecule has 2 aliphatic rings. The molecule has 3 heterocycles. The smallest absolute Gasteiger partial charge is 0.294 e. The number of ether oxygens (including phenoxy) is 2. The lowest BCUT2D eigenvalue weighted by atomic mass is 10.0. The van der Waals surface area contributed by atoms with E-state index in [2.05, 4.69) is 20.2 Å². The Morgan fingerprint density at radius 2 is 1.77 bits per heavy atom. The molecule has 0 spiro atoms. The number of hydrogen-bond acceptors (Lipinski definition) is 11. The van der Waals surface area contributed by atoms with E-state index in [9.17, 15) is 10.1 Å². The zero-order valence-corrected chi connectivity index (χ0v) is 24.1. The van der Waals surface area contributed by atoms with Gasteiger partial charge in [0, 0.05) is 50.8 Å². The van der Waals surface area contributed by atoms with Crippen LogP contribution >= 0.6 is 0 Å². The van der Waals surface area contributed by atoms with Crippen LogP contribution in [0.5, 0.6) is 17.2 Å². The van der Waals surface area contributed by atoms with E-state index in [0.717, 1.165) is 36.6 Å². The largest absolute Gasteiger partial charge is 0.494 e. The minimum absolute atomic E-state index is 0.00248. The Bertz CT molecular complexity index is 1580.